The van der Waals surface area contributed by atoms with Crippen molar-refractivity contribution in [1.29, 1.82) is 0 Å². The lowest BCUT2D eigenvalue weighted by Crippen LogP contribution is -2.37. The molecule has 0 saturated carbocycles. The Kier molecular flexibility index (Phi) is 6.92. The van der Waals surface area contributed by atoms with Crippen molar-refractivity contribution in [2.75, 3.05) is 20.7 Å². The zero-order chi connectivity index (χ0) is 19.9. The maximum atomic E-state index is 12.6. The first kappa shape index (κ1) is 20.4. The molecule has 2 rings (SSSR count). The van der Waals surface area contributed by atoms with Gasteiger partial charge in [-0.3, -0.25) is 4.99 Å². The molecule has 0 spiro atoms. The van der Waals surface area contributed by atoms with Crippen molar-refractivity contribution >= 4 is 5.96 Å². The number of halogens is 3. The summed E-state index contributed by atoms with van der Waals surface area (Å²) >= 11 is 0. The van der Waals surface area contributed by atoms with Crippen LogP contribution in [0.1, 0.15) is 16.7 Å². The van der Waals surface area contributed by atoms with Crippen molar-refractivity contribution in [2.45, 2.75) is 19.1 Å². The number of rotatable bonds is 6. The third kappa shape index (κ3) is 6.09. The van der Waals surface area contributed by atoms with Crippen LogP contribution in [-0.2, 0) is 19.1 Å². The Hall–Kier alpha value is -2.90. The van der Waals surface area contributed by atoms with E-state index in [1.54, 1.807) is 25.2 Å². The molecule has 0 radical (unpaired) electrons. The SMILES string of the molecule is CN=C(NCCc1ccc(OC)cc1O)NCc1ccc(C(F)(F)F)cc1. The van der Waals surface area contributed by atoms with E-state index in [4.69, 9.17) is 4.74 Å². The summed E-state index contributed by atoms with van der Waals surface area (Å²) in [5, 5.41) is 16.1. The molecular weight excluding hydrogens is 359 g/mol. The van der Waals surface area contributed by atoms with Gasteiger partial charge in [-0.1, -0.05) is 18.2 Å². The van der Waals surface area contributed by atoms with Gasteiger partial charge in [0.15, 0.2) is 5.96 Å². The fourth-order valence-electron chi connectivity index (χ4n) is 2.42. The molecular formula is C19H22F3N3O2. The maximum Gasteiger partial charge on any atom is 0.416 e. The molecule has 146 valence electrons. The molecule has 2 aromatic rings. The van der Waals surface area contributed by atoms with E-state index in [9.17, 15) is 18.3 Å². The third-order valence-electron chi connectivity index (χ3n) is 3.94. The Balaban J connectivity index is 1.82. The summed E-state index contributed by atoms with van der Waals surface area (Å²) < 4.78 is 42.7. The summed E-state index contributed by atoms with van der Waals surface area (Å²) in [7, 11) is 3.13. The van der Waals surface area contributed by atoms with E-state index in [0.717, 1.165) is 17.7 Å². The fraction of sp³-hybridized carbons (Fsp3) is 0.316. The van der Waals surface area contributed by atoms with E-state index in [0.29, 0.717) is 36.8 Å². The fourth-order valence-corrected chi connectivity index (χ4v) is 2.42. The minimum Gasteiger partial charge on any atom is -0.508 e. The van der Waals surface area contributed by atoms with Gasteiger partial charge >= 0.3 is 6.18 Å². The minimum absolute atomic E-state index is 0.156. The summed E-state index contributed by atoms with van der Waals surface area (Å²) in [6, 6.07) is 10.1. The highest BCUT2D eigenvalue weighted by Crippen LogP contribution is 2.29. The zero-order valence-electron chi connectivity index (χ0n) is 15.1. The first-order valence-electron chi connectivity index (χ1n) is 8.30. The van der Waals surface area contributed by atoms with E-state index >= 15 is 0 Å². The lowest BCUT2D eigenvalue weighted by Gasteiger charge is -2.13. The van der Waals surface area contributed by atoms with Gasteiger partial charge in [-0.25, -0.2) is 0 Å². The molecule has 0 fully saturated rings. The lowest BCUT2D eigenvalue weighted by molar-refractivity contribution is -0.137. The molecule has 0 aliphatic heterocycles. The number of nitrogens with zero attached hydrogens (tertiary/aromatic N) is 1. The Morgan fingerprint density at radius 2 is 1.81 bits per heavy atom. The number of ether oxygens (including phenoxy) is 1. The normalized spacial score (nSPS) is 12.0. The first-order valence-corrected chi connectivity index (χ1v) is 8.30. The van der Waals surface area contributed by atoms with Gasteiger partial charge in [0, 0.05) is 26.2 Å². The average molecular weight is 381 g/mol. The number of benzene rings is 2. The molecule has 3 N–H and O–H groups in total. The second-order valence-corrected chi connectivity index (χ2v) is 5.79. The molecule has 0 aliphatic carbocycles. The van der Waals surface area contributed by atoms with Gasteiger partial charge in [0.2, 0.25) is 0 Å². The molecule has 8 heteroatoms. The zero-order valence-corrected chi connectivity index (χ0v) is 15.1. The molecule has 0 amide bonds. The van der Waals surface area contributed by atoms with Gasteiger partial charge in [-0.2, -0.15) is 13.2 Å². The maximum absolute atomic E-state index is 12.6. The Bertz CT molecular complexity index is 775. The molecule has 0 unspecified atom stereocenters. The number of aromatic hydroxyl groups is 1. The molecule has 0 aromatic heterocycles. The van der Waals surface area contributed by atoms with E-state index in [1.807, 2.05) is 0 Å². The topological polar surface area (TPSA) is 65.9 Å². The number of hydrogen-bond donors (Lipinski definition) is 3. The van der Waals surface area contributed by atoms with Gasteiger partial charge in [-0.05, 0) is 35.7 Å². The number of alkyl halides is 3. The Morgan fingerprint density at radius 1 is 1.11 bits per heavy atom. The first-order chi connectivity index (χ1) is 12.8. The lowest BCUT2D eigenvalue weighted by atomic mass is 10.1. The van der Waals surface area contributed by atoms with Crippen LogP contribution in [0.2, 0.25) is 0 Å². The predicted molar refractivity (Wildman–Crippen MR) is 98.0 cm³/mol. The standard InChI is InChI=1S/C19H22F3N3O2/c1-23-18(24-10-9-14-5-8-16(27-2)11-17(14)26)25-12-13-3-6-15(7-4-13)19(20,21)22/h3-8,11,26H,9-10,12H2,1-2H3,(H2,23,24,25). The highest BCUT2D eigenvalue weighted by molar-refractivity contribution is 5.79. The molecule has 0 aliphatic rings. The summed E-state index contributed by atoms with van der Waals surface area (Å²) in [5.74, 6) is 1.25. The van der Waals surface area contributed by atoms with Crippen LogP contribution in [0.25, 0.3) is 0 Å². The summed E-state index contributed by atoms with van der Waals surface area (Å²) in [6.45, 7) is 0.859. The number of phenols is 1. The Morgan fingerprint density at radius 3 is 2.37 bits per heavy atom. The highest BCUT2D eigenvalue weighted by Gasteiger charge is 2.29. The van der Waals surface area contributed by atoms with E-state index in [1.165, 1.54) is 19.2 Å². The Labute approximate surface area is 155 Å². The van der Waals surface area contributed by atoms with Gasteiger partial charge in [-0.15, -0.1) is 0 Å². The summed E-state index contributed by atoms with van der Waals surface area (Å²) in [5.41, 5.74) is 0.799. The second kappa shape index (κ2) is 9.16. The minimum atomic E-state index is -4.34. The molecule has 2 aromatic carbocycles. The molecule has 0 saturated heterocycles. The van der Waals surface area contributed by atoms with Crippen LogP contribution >= 0.6 is 0 Å². The van der Waals surface area contributed by atoms with Crippen LogP contribution in [0.3, 0.4) is 0 Å². The van der Waals surface area contributed by atoms with Crippen LogP contribution in [-0.4, -0.2) is 31.8 Å². The molecule has 27 heavy (non-hydrogen) atoms. The summed E-state index contributed by atoms with van der Waals surface area (Å²) in [4.78, 5) is 4.07. The number of hydrogen-bond acceptors (Lipinski definition) is 3. The quantitative estimate of drug-likeness (QED) is 0.531. The van der Waals surface area contributed by atoms with Crippen LogP contribution in [0.5, 0.6) is 11.5 Å². The molecule has 5 nitrogen and oxygen atoms in total. The van der Waals surface area contributed by atoms with Gasteiger partial charge in [0.25, 0.3) is 0 Å². The average Bonchev–Trinajstić information content (AvgIpc) is 2.65. The second-order valence-electron chi connectivity index (χ2n) is 5.79. The number of nitrogens with one attached hydrogen (secondary N) is 2. The third-order valence-corrected chi connectivity index (χ3v) is 3.94. The van der Waals surface area contributed by atoms with Crippen molar-refractivity contribution in [2.24, 2.45) is 4.99 Å². The smallest absolute Gasteiger partial charge is 0.416 e. The number of guanidine groups is 1. The van der Waals surface area contributed by atoms with Crippen LogP contribution in [0, 0.1) is 0 Å². The largest absolute Gasteiger partial charge is 0.508 e. The van der Waals surface area contributed by atoms with Gasteiger partial charge in [0.05, 0.1) is 12.7 Å². The number of phenolic OH excluding ortho intramolecular Hbond substituents is 1. The predicted octanol–water partition coefficient (Wildman–Crippen LogP) is 3.33. The van der Waals surface area contributed by atoms with Crippen LogP contribution in [0.15, 0.2) is 47.5 Å². The highest BCUT2D eigenvalue weighted by atomic mass is 19.4. The van der Waals surface area contributed by atoms with Crippen molar-refractivity contribution in [3.8, 4) is 11.5 Å². The molecule has 0 heterocycles. The molecule has 0 bridgehead atoms. The summed E-state index contributed by atoms with van der Waals surface area (Å²) in [6.07, 6.45) is -3.77. The van der Waals surface area contributed by atoms with Gasteiger partial charge in [0.1, 0.15) is 11.5 Å². The van der Waals surface area contributed by atoms with Crippen molar-refractivity contribution in [3.05, 3.63) is 59.2 Å². The number of methoxy groups -OCH3 is 1. The van der Waals surface area contributed by atoms with E-state index in [-0.39, 0.29) is 5.75 Å². The van der Waals surface area contributed by atoms with E-state index < -0.39 is 11.7 Å². The monoisotopic (exact) mass is 381 g/mol. The van der Waals surface area contributed by atoms with Crippen LogP contribution in [0.4, 0.5) is 13.2 Å². The van der Waals surface area contributed by atoms with Crippen molar-refractivity contribution in [3.63, 3.8) is 0 Å². The van der Waals surface area contributed by atoms with Crippen molar-refractivity contribution in [1.82, 2.24) is 10.6 Å². The number of aliphatic imine (C=N–C) groups is 1. The van der Waals surface area contributed by atoms with Gasteiger partial charge < -0.3 is 20.5 Å². The molecule has 0 atom stereocenters. The van der Waals surface area contributed by atoms with Crippen LogP contribution < -0.4 is 15.4 Å². The van der Waals surface area contributed by atoms with Crippen molar-refractivity contribution < 1.29 is 23.0 Å². The van der Waals surface area contributed by atoms with E-state index in [2.05, 4.69) is 15.6 Å².